The molecule has 1 N–H and O–H groups in total. The van der Waals surface area contributed by atoms with Crippen LogP contribution in [0.1, 0.15) is 0 Å². The van der Waals surface area contributed by atoms with Crippen molar-refractivity contribution in [3.63, 3.8) is 0 Å². The molecule has 0 fully saturated rings. The number of hydrogen-bond donors (Lipinski definition) is 1. The zero-order chi connectivity index (χ0) is 16.2. The summed E-state index contributed by atoms with van der Waals surface area (Å²) in [5.41, 5.74) is 0. The summed E-state index contributed by atoms with van der Waals surface area (Å²) in [6, 6.07) is 12.4. The van der Waals surface area contributed by atoms with Gasteiger partial charge in [0.15, 0.2) is 9.84 Å². The number of halogens is 2. The molecule has 0 saturated heterocycles. The van der Waals surface area contributed by atoms with Crippen molar-refractivity contribution in [3.8, 4) is 5.75 Å². The van der Waals surface area contributed by atoms with Gasteiger partial charge in [0.25, 0.3) is 0 Å². The van der Waals surface area contributed by atoms with Gasteiger partial charge in [-0.3, -0.25) is 0 Å². The zero-order valence-corrected chi connectivity index (χ0v) is 13.8. The zero-order valence-electron chi connectivity index (χ0n) is 11.4. The normalized spacial score (nSPS) is 12.9. The van der Waals surface area contributed by atoms with Gasteiger partial charge in [0.2, 0.25) is 0 Å². The first-order valence-electron chi connectivity index (χ1n) is 6.41. The molecule has 0 aliphatic heterocycles. The summed E-state index contributed by atoms with van der Waals surface area (Å²) in [5, 5.41) is 10.9. The molecule has 2 rings (SSSR count). The molecule has 1 unspecified atom stereocenters. The molecule has 0 bridgehead atoms. The average Bonchev–Trinajstić information content (AvgIpc) is 2.46. The van der Waals surface area contributed by atoms with Gasteiger partial charge >= 0.3 is 0 Å². The van der Waals surface area contributed by atoms with Crippen molar-refractivity contribution in [2.45, 2.75) is 11.0 Å². The molecule has 22 heavy (non-hydrogen) atoms. The molecule has 1 atom stereocenters. The molecule has 7 heteroatoms. The van der Waals surface area contributed by atoms with Gasteiger partial charge in [0, 0.05) is 10.0 Å². The summed E-state index contributed by atoms with van der Waals surface area (Å²) in [6.07, 6.45) is -1.14. The van der Waals surface area contributed by atoms with E-state index in [9.17, 15) is 13.5 Å². The lowest BCUT2D eigenvalue weighted by Crippen LogP contribution is -2.27. The second kappa shape index (κ2) is 7.33. The first kappa shape index (κ1) is 17.1. The molecule has 118 valence electrons. The van der Waals surface area contributed by atoms with Crippen LogP contribution in [-0.4, -0.2) is 32.0 Å². The third kappa shape index (κ3) is 4.88. The second-order valence-corrected chi connectivity index (χ2v) is 7.56. The van der Waals surface area contributed by atoms with E-state index < -0.39 is 21.7 Å². The molecule has 0 saturated carbocycles. The molecule has 0 amide bonds. The van der Waals surface area contributed by atoms with Gasteiger partial charge in [0.1, 0.15) is 18.5 Å². The van der Waals surface area contributed by atoms with E-state index in [-0.39, 0.29) is 11.5 Å². The van der Waals surface area contributed by atoms with E-state index >= 15 is 0 Å². The van der Waals surface area contributed by atoms with Crippen LogP contribution in [0.2, 0.25) is 10.0 Å². The lowest BCUT2D eigenvalue weighted by atomic mass is 10.3. The Morgan fingerprint density at radius 3 is 2.00 bits per heavy atom. The fourth-order valence-electron chi connectivity index (χ4n) is 1.76. The van der Waals surface area contributed by atoms with E-state index in [0.29, 0.717) is 15.8 Å². The minimum atomic E-state index is -3.60. The Labute approximate surface area is 139 Å². The van der Waals surface area contributed by atoms with Crippen molar-refractivity contribution in [2.75, 3.05) is 12.4 Å². The molecule has 0 spiro atoms. The molecular formula is C15H14Cl2O4S. The minimum absolute atomic E-state index is 0.113. The van der Waals surface area contributed by atoms with Gasteiger partial charge in [-0.2, -0.15) is 0 Å². The molecule has 2 aromatic carbocycles. The number of benzene rings is 2. The third-order valence-electron chi connectivity index (χ3n) is 2.84. The quantitative estimate of drug-likeness (QED) is 0.858. The maximum Gasteiger partial charge on any atom is 0.181 e. The Bertz CT molecular complexity index is 712. The molecule has 2 aromatic rings. The van der Waals surface area contributed by atoms with Crippen LogP contribution in [0.25, 0.3) is 0 Å². The minimum Gasteiger partial charge on any atom is -0.491 e. The standard InChI is InChI=1S/C15H14Cl2O4S/c16-11-1-5-14(6-2-11)21-9-13(18)10-22(19,20)15-7-3-12(17)4-8-15/h1-8,13,18H,9-10H2. The Morgan fingerprint density at radius 1 is 0.955 bits per heavy atom. The number of aliphatic hydroxyl groups is 1. The van der Waals surface area contributed by atoms with Gasteiger partial charge < -0.3 is 9.84 Å². The van der Waals surface area contributed by atoms with Gasteiger partial charge in [0.05, 0.1) is 10.6 Å². The van der Waals surface area contributed by atoms with Crippen LogP contribution in [0, 0.1) is 0 Å². The highest BCUT2D eigenvalue weighted by molar-refractivity contribution is 7.91. The van der Waals surface area contributed by atoms with E-state index in [1.54, 1.807) is 24.3 Å². The van der Waals surface area contributed by atoms with Crippen molar-refractivity contribution >= 4 is 33.0 Å². The van der Waals surface area contributed by atoms with Crippen LogP contribution < -0.4 is 4.74 Å². The summed E-state index contributed by atoms with van der Waals surface area (Å²) in [7, 11) is -3.60. The monoisotopic (exact) mass is 360 g/mol. The van der Waals surface area contributed by atoms with Crippen molar-refractivity contribution in [2.24, 2.45) is 0 Å². The molecule has 4 nitrogen and oxygen atoms in total. The molecule has 0 aliphatic rings. The van der Waals surface area contributed by atoms with Crippen LogP contribution in [0.15, 0.2) is 53.4 Å². The second-order valence-electron chi connectivity index (χ2n) is 4.65. The largest absolute Gasteiger partial charge is 0.491 e. The summed E-state index contributed by atoms with van der Waals surface area (Å²) in [5.74, 6) is 0.0784. The van der Waals surface area contributed by atoms with Crippen LogP contribution in [0.5, 0.6) is 5.75 Å². The highest BCUT2D eigenvalue weighted by atomic mass is 35.5. The molecule has 0 radical (unpaired) electrons. The Kier molecular flexibility index (Phi) is 5.69. The molecule has 0 aliphatic carbocycles. The number of sulfone groups is 1. The molecule has 0 aromatic heterocycles. The Hall–Kier alpha value is -1.27. The van der Waals surface area contributed by atoms with Crippen molar-refractivity contribution in [1.29, 1.82) is 0 Å². The maximum atomic E-state index is 12.1. The lowest BCUT2D eigenvalue weighted by molar-refractivity contribution is 0.125. The molecular weight excluding hydrogens is 347 g/mol. The van der Waals surface area contributed by atoms with Crippen molar-refractivity contribution in [3.05, 3.63) is 58.6 Å². The van der Waals surface area contributed by atoms with Gasteiger partial charge in [-0.1, -0.05) is 23.2 Å². The van der Waals surface area contributed by atoms with E-state index in [0.717, 1.165) is 0 Å². The van der Waals surface area contributed by atoms with Crippen molar-refractivity contribution in [1.82, 2.24) is 0 Å². The fraction of sp³-hybridized carbons (Fsp3) is 0.200. The lowest BCUT2D eigenvalue weighted by Gasteiger charge is -2.13. The number of rotatable bonds is 6. The first-order chi connectivity index (χ1) is 10.4. The topological polar surface area (TPSA) is 63.6 Å². The highest BCUT2D eigenvalue weighted by Gasteiger charge is 2.20. The van der Waals surface area contributed by atoms with Crippen LogP contribution in [-0.2, 0) is 9.84 Å². The number of aliphatic hydroxyl groups excluding tert-OH is 1. The van der Waals surface area contributed by atoms with Crippen LogP contribution >= 0.6 is 23.2 Å². The summed E-state index contributed by atoms with van der Waals surface area (Å²) >= 11 is 11.5. The average molecular weight is 361 g/mol. The van der Waals surface area contributed by atoms with Crippen LogP contribution in [0.3, 0.4) is 0 Å². The summed E-state index contributed by atoms with van der Waals surface area (Å²) < 4.78 is 29.6. The third-order valence-corrected chi connectivity index (χ3v) is 5.16. The SMILES string of the molecule is O=S(=O)(CC(O)COc1ccc(Cl)cc1)c1ccc(Cl)cc1. The number of hydrogen-bond acceptors (Lipinski definition) is 4. The highest BCUT2D eigenvalue weighted by Crippen LogP contribution is 2.18. The fourth-order valence-corrected chi connectivity index (χ4v) is 3.36. The number of ether oxygens (including phenoxy) is 1. The van der Waals surface area contributed by atoms with E-state index in [1.165, 1.54) is 24.3 Å². The smallest absolute Gasteiger partial charge is 0.181 e. The predicted molar refractivity (Wildman–Crippen MR) is 86.5 cm³/mol. The van der Waals surface area contributed by atoms with Gasteiger partial charge in [-0.25, -0.2) is 8.42 Å². The van der Waals surface area contributed by atoms with E-state index in [4.69, 9.17) is 27.9 Å². The van der Waals surface area contributed by atoms with Gasteiger partial charge in [-0.05, 0) is 48.5 Å². The van der Waals surface area contributed by atoms with E-state index in [1.807, 2.05) is 0 Å². The maximum absolute atomic E-state index is 12.1. The van der Waals surface area contributed by atoms with Crippen LogP contribution in [0.4, 0.5) is 0 Å². The Balaban J connectivity index is 1.94. The summed E-state index contributed by atoms with van der Waals surface area (Å²) in [4.78, 5) is 0.113. The predicted octanol–water partition coefficient (Wildman–Crippen LogP) is 3.21. The van der Waals surface area contributed by atoms with Crippen molar-refractivity contribution < 1.29 is 18.3 Å². The molecule has 0 heterocycles. The summed E-state index contributed by atoms with van der Waals surface area (Å²) in [6.45, 7) is -0.131. The van der Waals surface area contributed by atoms with Gasteiger partial charge in [-0.15, -0.1) is 0 Å². The first-order valence-corrected chi connectivity index (χ1v) is 8.82. The van der Waals surface area contributed by atoms with E-state index in [2.05, 4.69) is 0 Å². The Morgan fingerprint density at radius 2 is 1.45 bits per heavy atom.